The van der Waals surface area contributed by atoms with Gasteiger partial charge in [0.15, 0.2) is 0 Å². The number of hydrogen-bond acceptors (Lipinski definition) is 2. The zero-order valence-corrected chi connectivity index (χ0v) is 13.9. The minimum Gasteiger partial charge on any atom is -0.334 e. The zero-order valence-electron chi connectivity index (χ0n) is 13.1. The summed E-state index contributed by atoms with van der Waals surface area (Å²) in [6.07, 6.45) is 4.59. The number of carbonyl (C=O) groups is 1. The minimum atomic E-state index is 0.102. The van der Waals surface area contributed by atoms with Crippen LogP contribution in [0.2, 0.25) is 0 Å². The van der Waals surface area contributed by atoms with Crippen molar-refractivity contribution < 1.29 is 4.79 Å². The van der Waals surface area contributed by atoms with Gasteiger partial charge in [0.2, 0.25) is 5.91 Å². The topological polar surface area (TPSA) is 20.3 Å². The summed E-state index contributed by atoms with van der Waals surface area (Å²) in [5.41, 5.74) is 3.70. The van der Waals surface area contributed by atoms with Crippen molar-refractivity contribution in [3.05, 3.63) is 63.4 Å². The Morgan fingerprint density at radius 1 is 1.23 bits per heavy atom. The normalized spacial score (nSPS) is 14.6. The molecule has 0 aliphatic carbocycles. The standard InChI is InChI=1S/C19H21NOS/c1-14(2)16-6-3-15(4-7-16)5-8-19(21)20-11-9-18-17(13-20)10-12-22-18/h3-8,10,12,14H,9,11,13H2,1-2H3/b8-5+. The molecule has 0 N–H and O–H groups in total. The Hall–Kier alpha value is -1.87. The summed E-state index contributed by atoms with van der Waals surface area (Å²) in [4.78, 5) is 15.7. The summed E-state index contributed by atoms with van der Waals surface area (Å²) in [5.74, 6) is 0.637. The predicted octanol–water partition coefficient (Wildman–Crippen LogP) is 4.47. The lowest BCUT2D eigenvalue weighted by atomic mass is 10.0. The van der Waals surface area contributed by atoms with E-state index < -0.39 is 0 Å². The van der Waals surface area contributed by atoms with Crippen molar-refractivity contribution in [3.8, 4) is 0 Å². The molecule has 1 aromatic heterocycles. The quantitative estimate of drug-likeness (QED) is 0.766. The molecule has 0 unspecified atom stereocenters. The van der Waals surface area contributed by atoms with Crippen molar-refractivity contribution in [2.75, 3.05) is 6.54 Å². The largest absolute Gasteiger partial charge is 0.334 e. The number of thiophene rings is 1. The first kappa shape index (κ1) is 15.0. The van der Waals surface area contributed by atoms with Crippen LogP contribution in [-0.2, 0) is 17.8 Å². The van der Waals surface area contributed by atoms with Gasteiger partial charge in [0.1, 0.15) is 0 Å². The van der Waals surface area contributed by atoms with Gasteiger partial charge in [0.05, 0.1) is 0 Å². The number of hydrogen-bond donors (Lipinski definition) is 0. The van der Waals surface area contributed by atoms with E-state index in [0.717, 1.165) is 25.1 Å². The lowest BCUT2D eigenvalue weighted by Crippen LogP contribution is -2.34. The smallest absolute Gasteiger partial charge is 0.246 e. The Kier molecular flexibility index (Phi) is 4.44. The molecule has 0 atom stereocenters. The molecule has 0 fully saturated rings. The molecular weight excluding hydrogens is 290 g/mol. The molecule has 3 rings (SSSR count). The number of rotatable bonds is 3. The highest BCUT2D eigenvalue weighted by Crippen LogP contribution is 2.24. The highest BCUT2D eigenvalue weighted by Gasteiger charge is 2.19. The second-order valence-electron chi connectivity index (χ2n) is 6.03. The molecule has 0 radical (unpaired) electrons. The molecular formula is C19H21NOS. The van der Waals surface area contributed by atoms with Gasteiger partial charge in [-0.15, -0.1) is 11.3 Å². The number of amides is 1. The fraction of sp³-hybridized carbons (Fsp3) is 0.316. The number of benzene rings is 1. The Labute approximate surface area is 136 Å². The van der Waals surface area contributed by atoms with Crippen LogP contribution in [0.15, 0.2) is 41.8 Å². The monoisotopic (exact) mass is 311 g/mol. The Morgan fingerprint density at radius 2 is 2.00 bits per heavy atom. The van der Waals surface area contributed by atoms with Crippen molar-refractivity contribution in [3.63, 3.8) is 0 Å². The second-order valence-corrected chi connectivity index (χ2v) is 7.03. The molecule has 2 heterocycles. The second kappa shape index (κ2) is 6.49. The third-order valence-electron chi connectivity index (χ3n) is 4.14. The summed E-state index contributed by atoms with van der Waals surface area (Å²) in [5, 5.41) is 2.12. The maximum Gasteiger partial charge on any atom is 0.246 e. The van der Waals surface area contributed by atoms with Gasteiger partial charge in [-0.2, -0.15) is 0 Å². The van der Waals surface area contributed by atoms with E-state index in [-0.39, 0.29) is 5.91 Å². The summed E-state index contributed by atoms with van der Waals surface area (Å²) in [6, 6.07) is 10.5. The van der Waals surface area contributed by atoms with Crippen LogP contribution in [0.25, 0.3) is 6.08 Å². The first-order valence-electron chi connectivity index (χ1n) is 7.75. The van der Waals surface area contributed by atoms with E-state index >= 15 is 0 Å². The average molecular weight is 311 g/mol. The van der Waals surface area contributed by atoms with Crippen LogP contribution in [0.3, 0.4) is 0 Å². The van der Waals surface area contributed by atoms with Crippen LogP contribution in [0, 0.1) is 0 Å². The van der Waals surface area contributed by atoms with E-state index in [2.05, 4.69) is 49.6 Å². The fourth-order valence-corrected chi connectivity index (χ4v) is 3.59. The maximum atomic E-state index is 12.3. The minimum absolute atomic E-state index is 0.102. The summed E-state index contributed by atoms with van der Waals surface area (Å²) >= 11 is 1.80. The third kappa shape index (κ3) is 3.30. The number of fused-ring (bicyclic) bond motifs is 1. The summed E-state index contributed by atoms with van der Waals surface area (Å²) in [6.45, 7) is 5.93. The first-order chi connectivity index (χ1) is 10.6. The lowest BCUT2D eigenvalue weighted by Gasteiger charge is -2.25. The molecule has 114 valence electrons. The molecule has 1 aliphatic heterocycles. The molecule has 3 heteroatoms. The van der Waals surface area contributed by atoms with Gasteiger partial charge >= 0.3 is 0 Å². The Balaban J connectivity index is 1.64. The van der Waals surface area contributed by atoms with Gasteiger partial charge in [-0.05, 0) is 46.6 Å². The third-order valence-corrected chi connectivity index (χ3v) is 5.16. The first-order valence-corrected chi connectivity index (χ1v) is 8.63. The van der Waals surface area contributed by atoms with Crippen molar-refractivity contribution in [1.82, 2.24) is 4.90 Å². The van der Waals surface area contributed by atoms with Crippen molar-refractivity contribution in [2.45, 2.75) is 32.7 Å². The van der Waals surface area contributed by atoms with Crippen molar-refractivity contribution in [1.29, 1.82) is 0 Å². The molecule has 0 saturated heterocycles. The highest BCUT2D eigenvalue weighted by atomic mass is 32.1. The van der Waals surface area contributed by atoms with Gasteiger partial charge < -0.3 is 4.90 Å². The van der Waals surface area contributed by atoms with Gasteiger partial charge in [0, 0.05) is 24.0 Å². The van der Waals surface area contributed by atoms with Crippen LogP contribution < -0.4 is 0 Å². The molecule has 22 heavy (non-hydrogen) atoms. The average Bonchev–Trinajstić information content (AvgIpc) is 3.00. The van der Waals surface area contributed by atoms with E-state index in [4.69, 9.17) is 0 Å². The van der Waals surface area contributed by atoms with E-state index in [1.54, 1.807) is 17.4 Å². The van der Waals surface area contributed by atoms with Crippen LogP contribution >= 0.6 is 11.3 Å². The lowest BCUT2D eigenvalue weighted by molar-refractivity contribution is -0.126. The molecule has 1 aliphatic rings. The van der Waals surface area contributed by atoms with Crippen LogP contribution in [-0.4, -0.2) is 17.4 Å². The maximum absolute atomic E-state index is 12.3. The van der Waals surface area contributed by atoms with Crippen LogP contribution in [0.5, 0.6) is 0 Å². The zero-order chi connectivity index (χ0) is 15.5. The molecule has 0 saturated carbocycles. The molecule has 0 bridgehead atoms. The Bertz CT molecular complexity index is 682. The van der Waals surface area contributed by atoms with Crippen molar-refractivity contribution >= 4 is 23.3 Å². The number of carbonyl (C=O) groups excluding carboxylic acids is 1. The van der Waals surface area contributed by atoms with E-state index in [9.17, 15) is 4.79 Å². The molecule has 1 amide bonds. The van der Waals surface area contributed by atoms with Crippen LogP contribution in [0.1, 0.15) is 41.3 Å². The molecule has 0 spiro atoms. The van der Waals surface area contributed by atoms with Gasteiger partial charge in [-0.1, -0.05) is 38.1 Å². The molecule has 1 aromatic carbocycles. The van der Waals surface area contributed by atoms with E-state index in [1.165, 1.54) is 16.0 Å². The fourth-order valence-electron chi connectivity index (χ4n) is 2.70. The number of nitrogens with zero attached hydrogens (tertiary/aromatic N) is 1. The van der Waals surface area contributed by atoms with Gasteiger partial charge in [0.25, 0.3) is 0 Å². The predicted molar refractivity (Wildman–Crippen MR) is 93.0 cm³/mol. The van der Waals surface area contributed by atoms with Crippen LogP contribution in [0.4, 0.5) is 0 Å². The van der Waals surface area contributed by atoms with Gasteiger partial charge in [-0.3, -0.25) is 4.79 Å². The highest BCUT2D eigenvalue weighted by molar-refractivity contribution is 7.10. The van der Waals surface area contributed by atoms with E-state index in [0.29, 0.717) is 5.92 Å². The molecule has 2 aromatic rings. The summed E-state index contributed by atoms with van der Waals surface area (Å²) < 4.78 is 0. The Morgan fingerprint density at radius 3 is 2.73 bits per heavy atom. The molecule has 2 nitrogen and oxygen atoms in total. The van der Waals surface area contributed by atoms with Crippen molar-refractivity contribution in [2.24, 2.45) is 0 Å². The van der Waals surface area contributed by atoms with E-state index in [1.807, 2.05) is 11.0 Å². The van der Waals surface area contributed by atoms with Gasteiger partial charge in [-0.25, -0.2) is 0 Å². The summed E-state index contributed by atoms with van der Waals surface area (Å²) in [7, 11) is 0. The SMILES string of the molecule is CC(C)c1ccc(/C=C/C(=O)N2CCc3sccc3C2)cc1.